The molecule has 3 aromatic heterocycles. The monoisotopic (exact) mass is 511 g/mol. The number of pyridine rings is 2. The molecule has 0 atom stereocenters. The number of H-pyrrole nitrogens is 1. The maximum absolute atomic E-state index is 12.6. The summed E-state index contributed by atoms with van der Waals surface area (Å²) >= 11 is 6.38. The number of carbonyl (C=O) groups is 1. The third-order valence-electron chi connectivity index (χ3n) is 7.25. The third-order valence-corrected chi connectivity index (χ3v) is 7.44. The van der Waals surface area contributed by atoms with Crippen LogP contribution in [0, 0.1) is 0 Å². The zero-order chi connectivity index (χ0) is 24.9. The van der Waals surface area contributed by atoms with E-state index < -0.39 is 0 Å². The maximum Gasteiger partial charge on any atom is 0.234 e. The van der Waals surface area contributed by atoms with Gasteiger partial charge in [-0.1, -0.05) is 11.6 Å². The highest BCUT2D eigenvalue weighted by Gasteiger charge is 2.24. The molecule has 0 spiro atoms. The lowest BCUT2D eigenvalue weighted by atomic mass is 9.91. The highest BCUT2D eigenvalue weighted by atomic mass is 35.5. The first-order valence-electron chi connectivity index (χ1n) is 12.8. The summed E-state index contributed by atoms with van der Waals surface area (Å²) in [6.45, 7) is 4.89. The zero-order valence-electron chi connectivity index (χ0n) is 20.4. The Kier molecular flexibility index (Phi) is 8.01. The van der Waals surface area contributed by atoms with Crippen LogP contribution in [0.25, 0.3) is 22.2 Å². The fourth-order valence-electron chi connectivity index (χ4n) is 5.30. The lowest BCUT2D eigenvalue weighted by molar-refractivity contribution is -0.123. The summed E-state index contributed by atoms with van der Waals surface area (Å²) in [5, 5.41) is 17.4. The number of aromatic amines is 1. The van der Waals surface area contributed by atoms with Gasteiger partial charge in [0, 0.05) is 68.2 Å². The first-order chi connectivity index (χ1) is 17.6. The van der Waals surface area contributed by atoms with Gasteiger partial charge >= 0.3 is 0 Å². The number of hydrogen-bond donors (Lipinski definition) is 4. The van der Waals surface area contributed by atoms with E-state index in [-0.39, 0.29) is 18.6 Å². The second kappa shape index (κ2) is 11.6. The van der Waals surface area contributed by atoms with Crippen molar-refractivity contribution >= 4 is 34.4 Å². The van der Waals surface area contributed by atoms with E-state index in [2.05, 4.69) is 35.4 Å². The Hall–Kier alpha value is -2.72. The number of aromatic nitrogens is 3. The van der Waals surface area contributed by atoms with Crippen molar-refractivity contribution < 1.29 is 9.90 Å². The lowest BCUT2D eigenvalue weighted by Crippen LogP contribution is -2.51. The van der Waals surface area contributed by atoms with E-state index in [4.69, 9.17) is 16.7 Å². The zero-order valence-corrected chi connectivity index (χ0v) is 21.2. The number of aliphatic hydroxyl groups is 1. The van der Waals surface area contributed by atoms with Crippen molar-refractivity contribution in [2.75, 3.05) is 51.2 Å². The number of carbonyl (C=O) groups excluding carboxylic acids is 1. The van der Waals surface area contributed by atoms with Crippen LogP contribution in [-0.4, -0.2) is 93.7 Å². The number of anilines is 1. The number of β-amino-alcohol motifs (C(OH)–C–C–N with tert-alkyl or cyclic N) is 1. The number of aliphatic hydroxyl groups excluding tert-OH is 1. The molecule has 0 aromatic carbocycles. The predicted molar refractivity (Wildman–Crippen MR) is 142 cm³/mol. The molecule has 1 aliphatic heterocycles. The van der Waals surface area contributed by atoms with E-state index in [9.17, 15) is 4.79 Å². The second-order valence-electron chi connectivity index (χ2n) is 9.77. The van der Waals surface area contributed by atoms with Gasteiger partial charge in [0.2, 0.25) is 5.91 Å². The molecule has 0 radical (unpaired) electrons. The van der Waals surface area contributed by atoms with Gasteiger partial charge in [-0.25, -0.2) is 9.97 Å². The number of nitrogens with zero attached hydrogens (tertiary/aromatic N) is 4. The van der Waals surface area contributed by atoms with Crippen molar-refractivity contribution in [1.82, 2.24) is 30.1 Å². The Morgan fingerprint density at radius 1 is 1.11 bits per heavy atom. The largest absolute Gasteiger partial charge is 0.395 e. The molecule has 1 aliphatic carbocycles. The van der Waals surface area contributed by atoms with Crippen LogP contribution in [0.3, 0.4) is 0 Å². The molecule has 0 bridgehead atoms. The van der Waals surface area contributed by atoms with Crippen molar-refractivity contribution in [2.24, 2.45) is 0 Å². The van der Waals surface area contributed by atoms with Gasteiger partial charge in [-0.3, -0.25) is 14.6 Å². The van der Waals surface area contributed by atoms with E-state index in [1.807, 2.05) is 30.5 Å². The summed E-state index contributed by atoms with van der Waals surface area (Å²) in [6, 6.07) is 8.39. The summed E-state index contributed by atoms with van der Waals surface area (Å²) in [5.74, 6) is 0.875. The normalized spacial score (nSPS) is 21.5. The Bertz CT molecular complexity index is 1170. The fraction of sp³-hybridized carbons (Fsp3) is 0.500. The maximum atomic E-state index is 12.6. The third kappa shape index (κ3) is 6.15. The van der Waals surface area contributed by atoms with Crippen molar-refractivity contribution in [2.45, 2.75) is 37.8 Å². The Labute approximate surface area is 216 Å². The standard InChI is InChI=1S/C26H34ClN7O2/c27-23-14-18(22-16-29-26-21(22)2-1-7-28-26)15-24(32-23)30-19-3-5-20(6-4-19)31-25(36)17-34-10-8-33(9-11-34)12-13-35/h1-2,7,14-16,19-20,35H,3-6,8-13,17H2,(H,28,29)(H,30,32)(H,31,36). The molecule has 4 heterocycles. The first-order valence-corrected chi connectivity index (χ1v) is 13.2. The molecule has 1 saturated carbocycles. The number of fused-ring (bicyclic) bond motifs is 1. The van der Waals surface area contributed by atoms with Crippen LogP contribution in [0.15, 0.2) is 36.7 Å². The van der Waals surface area contributed by atoms with Gasteiger partial charge < -0.3 is 20.7 Å². The Balaban J connectivity index is 1.11. The highest BCUT2D eigenvalue weighted by molar-refractivity contribution is 6.29. The average molecular weight is 512 g/mol. The number of amides is 1. The van der Waals surface area contributed by atoms with Crippen molar-refractivity contribution in [3.8, 4) is 11.1 Å². The van der Waals surface area contributed by atoms with Gasteiger partial charge in [0.15, 0.2) is 0 Å². The van der Waals surface area contributed by atoms with E-state index >= 15 is 0 Å². The summed E-state index contributed by atoms with van der Waals surface area (Å²) in [4.78, 5) is 29.1. The molecule has 9 nitrogen and oxygen atoms in total. The molecule has 5 rings (SSSR count). The summed E-state index contributed by atoms with van der Waals surface area (Å²) in [5.41, 5.74) is 2.89. The van der Waals surface area contributed by atoms with Gasteiger partial charge in [-0.2, -0.15) is 0 Å². The first kappa shape index (κ1) is 25.0. The molecule has 192 valence electrons. The van der Waals surface area contributed by atoms with Gasteiger partial charge in [0.05, 0.1) is 13.2 Å². The van der Waals surface area contributed by atoms with Crippen molar-refractivity contribution in [3.05, 3.63) is 41.8 Å². The molecule has 36 heavy (non-hydrogen) atoms. The number of hydrogen-bond acceptors (Lipinski definition) is 7. The minimum absolute atomic E-state index is 0.108. The molecule has 0 unspecified atom stereocenters. The molecule has 2 fully saturated rings. The topological polar surface area (TPSA) is 109 Å². The molecular formula is C26H34ClN7O2. The number of piperazine rings is 1. The van der Waals surface area contributed by atoms with E-state index in [1.165, 1.54) is 0 Å². The van der Waals surface area contributed by atoms with Crippen molar-refractivity contribution in [3.63, 3.8) is 0 Å². The molecule has 3 aromatic rings. The van der Waals surface area contributed by atoms with Crippen LogP contribution < -0.4 is 10.6 Å². The summed E-state index contributed by atoms with van der Waals surface area (Å²) in [7, 11) is 0. The number of halogens is 1. The lowest BCUT2D eigenvalue weighted by Gasteiger charge is -2.34. The molecule has 1 saturated heterocycles. The van der Waals surface area contributed by atoms with E-state index in [0.29, 0.717) is 24.3 Å². The Morgan fingerprint density at radius 2 is 1.86 bits per heavy atom. The predicted octanol–water partition coefficient (Wildman–Crippen LogP) is 2.73. The quantitative estimate of drug-likeness (QED) is 0.344. The molecular weight excluding hydrogens is 478 g/mol. The molecule has 1 amide bonds. The number of nitrogens with one attached hydrogen (secondary N) is 3. The number of rotatable bonds is 8. The van der Waals surface area contributed by atoms with Crippen LogP contribution in [0.2, 0.25) is 5.15 Å². The van der Waals surface area contributed by atoms with Crippen molar-refractivity contribution in [1.29, 1.82) is 0 Å². The van der Waals surface area contributed by atoms with Crippen LogP contribution in [0.5, 0.6) is 0 Å². The molecule has 4 N–H and O–H groups in total. The van der Waals surface area contributed by atoms with Gasteiger partial charge in [0.1, 0.15) is 16.6 Å². The summed E-state index contributed by atoms with van der Waals surface area (Å²) in [6.07, 6.45) is 7.53. The Morgan fingerprint density at radius 3 is 2.64 bits per heavy atom. The highest BCUT2D eigenvalue weighted by Crippen LogP contribution is 2.31. The second-order valence-corrected chi connectivity index (χ2v) is 10.2. The van der Waals surface area contributed by atoms with Crippen LogP contribution in [-0.2, 0) is 4.79 Å². The van der Waals surface area contributed by atoms with Crippen LogP contribution in [0.4, 0.5) is 5.82 Å². The van der Waals surface area contributed by atoms with E-state index in [1.54, 1.807) is 6.20 Å². The van der Waals surface area contributed by atoms with Crippen LogP contribution >= 0.6 is 11.6 Å². The van der Waals surface area contributed by atoms with E-state index in [0.717, 1.165) is 79.8 Å². The SMILES string of the molecule is O=C(CN1CCN(CCO)CC1)NC1CCC(Nc2cc(-c3c[nH]c4ncccc34)cc(Cl)n2)CC1. The van der Waals surface area contributed by atoms with Crippen LogP contribution in [0.1, 0.15) is 25.7 Å². The molecule has 2 aliphatic rings. The van der Waals surface area contributed by atoms with Gasteiger partial charge in [-0.05, 0) is 55.5 Å². The smallest absolute Gasteiger partial charge is 0.234 e. The summed E-state index contributed by atoms with van der Waals surface area (Å²) < 4.78 is 0. The minimum atomic E-state index is 0.108. The van der Waals surface area contributed by atoms with Gasteiger partial charge in [-0.15, -0.1) is 0 Å². The minimum Gasteiger partial charge on any atom is -0.395 e. The fourth-order valence-corrected chi connectivity index (χ4v) is 5.51. The molecule has 10 heteroatoms. The average Bonchev–Trinajstić information content (AvgIpc) is 3.31. The van der Waals surface area contributed by atoms with Gasteiger partial charge in [0.25, 0.3) is 0 Å².